The first kappa shape index (κ1) is 21.7. The van der Waals surface area contributed by atoms with E-state index in [1.165, 1.54) is 18.4 Å². The lowest BCUT2D eigenvalue weighted by Gasteiger charge is -2.34. The van der Waals surface area contributed by atoms with Gasteiger partial charge in [0.1, 0.15) is 5.82 Å². The van der Waals surface area contributed by atoms with Crippen LogP contribution in [-0.4, -0.2) is 53.4 Å². The molecule has 3 aliphatic rings. The van der Waals surface area contributed by atoms with Gasteiger partial charge >= 0.3 is 0 Å². The van der Waals surface area contributed by atoms with Crippen LogP contribution in [0.5, 0.6) is 0 Å². The lowest BCUT2D eigenvalue weighted by molar-refractivity contribution is 0.0781. The Hall–Kier alpha value is -2.79. The molecule has 0 radical (unpaired) electrons. The van der Waals surface area contributed by atoms with E-state index in [1.807, 2.05) is 42.5 Å². The number of benzene rings is 2. The number of rotatable bonds is 5. The first-order chi connectivity index (χ1) is 16.7. The number of piperidine rings is 1. The summed E-state index contributed by atoms with van der Waals surface area (Å²) < 4.78 is 13.3. The lowest BCUT2D eigenvalue weighted by atomic mass is 9.87. The van der Waals surface area contributed by atoms with Crippen LogP contribution in [0.4, 0.5) is 4.39 Å². The van der Waals surface area contributed by atoms with Crippen molar-refractivity contribution < 1.29 is 9.18 Å². The second-order valence-electron chi connectivity index (χ2n) is 10.5. The predicted octanol–water partition coefficient (Wildman–Crippen LogP) is 5.35. The van der Waals surface area contributed by atoms with Gasteiger partial charge in [-0.25, -0.2) is 4.39 Å². The standard InChI is InChI=1S/C29H32FN3O/c30-25-10-8-20(9-11-25)21-12-15-32(16-13-21)17-24-18-33(19-27(24)22-6-7-22)29(34)26-5-1-3-23-4-2-14-31-28(23)26/h1-5,8-11,14,21-22,24,27H,6-7,12-13,15-19H2. The maximum atomic E-state index is 13.6. The molecule has 176 valence electrons. The van der Waals surface area contributed by atoms with E-state index in [4.69, 9.17) is 0 Å². The number of amides is 1. The van der Waals surface area contributed by atoms with E-state index in [-0.39, 0.29) is 11.7 Å². The largest absolute Gasteiger partial charge is 0.338 e. The quantitative estimate of drug-likeness (QED) is 0.518. The van der Waals surface area contributed by atoms with E-state index < -0.39 is 0 Å². The van der Waals surface area contributed by atoms with Gasteiger partial charge in [-0.05, 0) is 92.3 Å². The second-order valence-corrected chi connectivity index (χ2v) is 10.5. The molecule has 1 saturated carbocycles. The van der Waals surface area contributed by atoms with Gasteiger partial charge in [0.25, 0.3) is 5.91 Å². The summed E-state index contributed by atoms with van der Waals surface area (Å²) in [7, 11) is 0. The van der Waals surface area contributed by atoms with Gasteiger partial charge in [0.2, 0.25) is 0 Å². The molecule has 2 atom stereocenters. The Bertz CT molecular complexity index is 1160. The van der Waals surface area contributed by atoms with Crippen molar-refractivity contribution in [3.8, 4) is 0 Å². The van der Waals surface area contributed by atoms with Crippen LogP contribution in [0.3, 0.4) is 0 Å². The van der Waals surface area contributed by atoms with Crippen molar-refractivity contribution in [2.45, 2.75) is 31.6 Å². The molecule has 2 aromatic carbocycles. The minimum absolute atomic E-state index is 0.132. The molecule has 0 N–H and O–H groups in total. The number of nitrogens with zero attached hydrogens (tertiary/aromatic N) is 3. The average molecular weight is 458 g/mol. The Morgan fingerprint density at radius 2 is 1.71 bits per heavy atom. The maximum Gasteiger partial charge on any atom is 0.256 e. The first-order valence-electron chi connectivity index (χ1n) is 12.8. The number of hydrogen-bond donors (Lipinski definition) is 0. The van der Waals surface area contributed by atoms with E-state index in [9.17, 15) is 9.18 Å². The molecule has 2 saturated heterocycles. The zero-order valence-corrected chi connectivity index (χ0v) is 19.6. The second kappa shape index (κ2) is 9.10. The molecule has 0 bridgehead atoms. The van der Waals surface area contributed by atoms with Gasteiger partial charge in [0.15, 0.2) is 0 Å². The van der Waals surface area contributed by atoms with Crippen LogP contribution >= 0.6 is 0 Å². The average Bonchev–Trinajstić information content (AvgIpc) is 3.64. The predicted molar refractivity (Wildman–Crippen MR) is 132 cm³/mol. The molecule has 4 nitrogen and oxygen atoms in total. The highest BCUT2D eigenvalue weighted by Crippen LogP contribution is 2.45. The summed E-state index contributed by atoms with van der Waals surface area (Å²) in [6.07, 6.45) is 6.64. The molecule has 5 heteroatoms. The van der Waals surface area contributed by atoms with Crippen LogP contribution in [0.15, 0.2) is 60.8 Å². The van der Waals surface area contributed by atoms with Gasteiger partial charge in [-0.15, -0.1) is 0 Å². The van der Waals surface area contributed by atoms with Gasteiger partial charge in [-0.1, -0.05) is 30.3 Å². The van der Waals surface area contributed by atoms with Crippen LogP contribution in [0.25, 0.3) is 10.9 Å². The Morgan fingerprint density at radius 1 is 0.941 bits per heavy atom. The third-order valence-corrected chi connectivity index (χ3v) is 8.29. The van der Waals surface area contributed by atoms with E-state index in [0.717, 1.165) is 67.9 Å². The van der Waals surface area contributed by atoms with Crippen molar-refractivity contribution >= 4 is 16.8 Å². The zero-order valence-electron chi connectivity index (χ0n) is 19.6. The molecule has 0 spiro atoms. The SMILES string of the molecule is O=C(c1cccc2cccnc12)N1CC(CN2CCC(c3ccc(F)cc3)CC2)C(C2CC2)C1. The van der Waals surface area contributed by atoms with Crippen molar-refractivity contribution in [3.63, 3.8) is 0 Å². The number of likely N-dealkylation sites (tertiary alicyclic amines) is 2. The third kappa shape index (κ3) is 4.34. The molecule has 6 rings (SSSR count). The first-order valence-corrected chi connectivity index (χ1v) is 12.8. The summed E-state index contributed by atoms with van der Waals surface area (Å²) in [5, 5.41) is 1.02. The summed E-state index contributed by atoms with van der Waals surface area (Å²) in [5.41, 5.74) is 2.80. The van der Waals surface area contributed by atoms with Crippen LogP contribution in [0.1, 0.15) is 47.5 Å². The molecule has 3 fully saturated rings. The van der Waals surface area contributed by atoms with Crippen LogP contribution in [0.2, 0.25) is 0 Å². The number of carbonyl (C=O) groups is 1. The van der Waals surface area contributed by atoms with Crippen molar-refractivity contribution in [1.82, 2.24) is 14.8 Å². The third-order valence-electron chi connectivity index (χ3n) is 8.29. The Balaban J connectivity index is 1.12. The summed E-state index contributed by atoms with van der Waals surface area (Å²) in [5.74, 6) is 2.43. The van der Waals surface area contributed by atoms with Crippen molar-refractivity contribution in [2.75, 3.05) is 32.7 Å². The lowest BCUT2D eigenvalue weighted by Crippen LogP contribution is -2.39. The van der Waals surface area contributed by atoms with E-state index in [1.54, 1.807) is 18.3 Å². The van der Waals surface area contributed by atoms with Crippen LogP contribution in [0, 0.1) is 23.6 Å². The number of halogens is 1. The normalized spacial score (nSPS) is 24.1. The summed E-state index contributed by atoms with van der Waals surface area (Å²) >= 11 is 0. The Morgan fingerprint density at radius 3 is 2.47 bits per heavy atom. The molecule has 3 aromatic rings. The van der Waals surface area contributed by atoms with Gasteiger partial charge < -0.3 is 9.80 Å². The number of hydrogen-bond acceptors (Lipinski definition) is 3. The Labute approximate surface area is 200 Å². The number of aromatic nitrogens is 1. The molecule has 1 amide bonds. The van der Waals surface area contributed by atoms with Gasteiger partial charge in [-0.2, -0.15) is 0 Å². The van der Waals surface area contributed by atoms with E-state index in [0.29, 0.717) is 17.8 Å². The smallest absolute Gasteiger partial charge is 0.256 e. The molecule has 2 aliphatic heterocycles. The minimum atomic E-state index is -0.160. The highest BCUT2D eigenvalue weighted by atomic mass is 19.1. The maximum absolute atomic E-state index is 13.6. The topological polar surface area (TPSA) is 36.4 Å². The number of fused-ring (bicyclic) bond motifs is 1. The number of pyridine rings is 1. The Kier molecular flexibility index (Phi) is 5.82. The minimum Gasteiger partial charge on any atom is -0.338 e. The number of para-hydroxylation sites is 1. The van der Waals surface area contributed by atoms with Crippen LogP contribution < -0.4 is 0 Å². The molecule has 34 heavy (non-hydrogen) atoms. The number of carbonyl (C=O) groups excluding carboxylic acids is 1. The molecule has 3 heterocycles. The van der Waals surface area contributed by atoms with Crippen molar-refractivity contribution in [1.29, 1.82) is 0 Å². The summed E-state index contributed by atoms with van der Waals surface area (Å²) in [6, 6.07) is 16.9. The van der Waals surface area contributed by atoms with Crippen LogP contribution in [-0.2, 0) is 0 Å². The van der Waals surface area contributed by atoms with Crippen molar-refractivity contribution in [2.24, 2.45) is 17.8 Å². The van der Waals surface area contributed by atoms with E-state index in [2.05, 4.69) is 14.8 Å². The summed E-state index contributed by atoms with van der Waals surface area (Å²) in [4.78, 5) is 22.8. The van der Waals surface area contributed by atoms with Crippen molar-refractivity contribution in [3.05, 3.63) is 77.7 Å². The fraction of sp³-hybridized carbons (Fsp3) is 0.448. The molecular formula is C29H32FN3O. The molecular weight excluding hydrogens is 425 g/mol. The monoisotopic (exact) mass is 457 g/mol. The highest BCUT2D eigenvalue weighted by molar-refractivity contribution is 6.05. The summed E-state index contributed by atoms with van der Waals surface area (Å²) in [6.45, 7) is 4.97. The molecule has 1 aliphatic carbocycles. The zero-order chi connectivity index (χ0) is 23.1. The molecule has 1 aromatic heterocycles. The van der Waals surface area contributed by atoms with Gasteiger partial charge in [0.05, 0.1) is 11.1 Å². The fourth-order valence-electron chi connectivity index (χ4n) is 6.28. The highest BCUT2D eigenvalue weighted by Gasteiger charge is 2.44. The van der Waals surface area contributed by atoms with Gasteiger partial charge in [0, 0.05) is 31.2 Å². The fourth-order valence-corrected chi connectivity index (χ4v) is 6.28. The van der Waals surface area contributed by atoms with Gasteiger partial charge in [-0.3, -0.25) is 9.78 Å². The molecule has 2 unspecified atom stereocenters. The van der Waals surface area contributed by atoms with E-state index >= 15 is 0 Å².